The molecule has 0 bridgehead atoms. The number of hydrogen-bond donors (Lipinski definition) is 1. The van der Waals surface area contributed by atoms with Crippen molar-refractivity contribution in [3.05, 3.63) is 39.3 Å². The topological polar surface area (TPSA) is 70.1 Å². The lowest BCUT2D eigenvalue weighted by molar-refractivity contribution is 0.0596. The van der Waals surface area contributed by atoms with Crippen molar-refractivity contribution in [2.24, 2.45) is 0 Å². The van der Waals surface area contributed by atoms with Crippen molar-refractivity contribution in [2.75, 3.05) is 12.8 Å². The summed E-state index contributed by atoms with van der Waals surface area (Å²) in [5, 5.41) is 0. The van der Waals surface area contributed by atoms with Crippen LogP contribution in [0, 0.1) is 13.8 Å². The molecule has 0 aliphatic heterocycles. The molecule has 1 aromatic heterocycles. The Balaban J connectivity index is 2.75. The Labute approximate surface area is 132 Å². The predicted molar refractivity (Wildman–Crippen MR) is 85.9 cm³/mol. The van der Waals surface area contributed by atoms with Crippen molar-refractivity contribution in [1.29, 1.82) is 0 Å². The summed E-state index contributed by atoms with van der Waals surface area (Å²) in [5.41, 5.74) is 9.40. The maximum absolute atomic E-state index is 11.8. The third kappa shape index (κ3) is 2.68. The minimum absolute atomic E-state index is 0.154. The molecule has 1 aromatic carbocycles. The molecule has 0 saturated heterocycles. The molecule has 0 saturated carbocycles. The number of hydrogen-bond acceptors (Lipinski definition) is 4. The van der Waals surface area contributed by atoms with E-state index in [1.165, 1.54) is 7.11 Å². The molecule has 0 fully saturated rings. The van der Waals surface area contributed by atoms with Crippen LogP contribution >= 0.6 is 15.9 Å². The lowest BCUT2D eigenvalue weighted by Crippen LogP contribution is -2.09. The second kappa shape index (κ2) is 5.89. The molecule has 2 aromatic rings. The number of anilines is 1. The molecule has 21 heavy (non-hydrogen) atoms. The van der Waals surface area contributed by atoms with Crippen molar-refractivity contribution in [2.45, 2.75) is 27.2 Å². The summed E-state index contributed by atoms with van der Waals surface area (Å²) in [4.78, 5) is 16.1. The normalized spacial score (nSPS) is 10.7. The summed E-state index contributed by atoms with van der Waals surface area (Å²) in [6.45, 7) is 6.00. The van der Waals surface area contributed by atoms with Gasteiger partial charge in [-0.1, -0.05) is 13.0 Å². The molecule has 2 rings (SSSR count). The van der Waals surface area contributed by atoms with E-state index in [4.69, 9.17) is 10.5 Å². The zero-order valence-corrected chi connectivity index (χ0v) is 14.1. The van der Waals surface area contributed by atoms with Crippen LogP contribution in [0.1, 0.15) is 34.4 Å². The van der Waals surface area contributed by atoms with E-state index in [1.807, 2.05) is 31.4 Å². The van der Waals surface area contributed by atoms with Gasteiger partial charge in [-0.25, -0.2) is 9.78 Å². The summed E-state index contributed by atoms with van der Waals surface area (Å²) in [6, 6.07) is 4.08. The average molecular weight is 352 g/mol. The van der Waals surface area contributed by atoms with Crippen LogP contribution in [-0.2, 0) is 11.2 Å². The van der Waals surface area contributed by atoms with Crippen molar-refractivity contribution in [3.63, 3.8) is 0 Å². The Bertz CT molecular complexity index is 684. The first-order valence-corrected chi connectivity index (χ1v) is 7.42. The number of rotatable bonds is 3. The standard InChI is InChI=1S/C15H18BrN3O2/c1-5-11-18-12(15(20)21-4)14(17)19(11)13-9(3)6-8(2)7-10(13)16/h6-7H,5,17H2,1-4H3. The number of nitrogens with zero attached hydrogens (tertiary/aromatic N) is 2. The molecule has 0 aliphatic rings. The van der Waals surface area contributed by atoms with Gasteiger partial charge in [-0.15, -0.1) is 0 Å². The van der Waals surface area contributed by atoms with Crippen LogP contribution < -0.4 is 5.73 Å². The highest BCUT2D eigenvalue weighted by Gasteiger charge is 2.23. The van der Waals surface area contributed by atoms with Gasteiger partial charge in [-0.05, 0) is 47.0 Å². The van der Waals surface area contributed by atoms with E-state index in [-0.39, 0.29) is 5.69 Å². The summed E-state index contributed by atoms with van der Waals surface area (Å²) in [6.07, 6.45) is 0.654. The SMILES string of the molecule is CCc1nc(C(=O)OC)c(N)n1-c1c(C)cc(C)cc1Br. The Morgan fingerprint density at radius 2 is 2.10 bits per heavy atom. The zero-order valence-electron chi connectivity index (χ0n) is 12.5. The first-order valence-electron chi connectivity index (χ1n) is 6.63. The number of aryl methyl sites for hydroxylation is 3. The predicted octanol–water partition coefficient (Wildman–Crippen LogP) is 3.18. The minimum Gasteiger partial charge on any atom is -0.464 e. The number of carbonyl (C=O) groups is 1. The van der Waals surface area contributed by atoms with Gasteiger partial charge in [0.1, 0.15) is 11.6 Å². The number of halogens is 1. The van der Waals surface area contributed by atoms with Crippen LogP contribution in [0.25, 0.3) is 5.69 Å². The molecule has 1 heterocycles. The summed E-state index contributed by atoms with van der Waals surface area (Å²) < 4.78 is 7.46. The highest BCUT2D eigenvalue weighted by Crippen LogP contribution is 2.31. The van der Waals surface area contributed by atoms with Crippen molar-refractivity contribution in [3.8, 4) is 5.69 Å². The van der Waals surface area contributed by atoms with Crippen LogP contribution in [0.5, 0.6) is 0 Å². The van der Waals surface area contributed by atoms with Gasteiger partial charge < -0.3 is 10.5 Å². The zero-order chi connectivity index (χ0) is 15.7. The summed E-state index contributed by atoms with van der Waals surface area (Å²) in [5.74, 6) is 0.494. The number of nitrogens with two attached hydrogens (primary N) is 1. The Kier molecular flexibility index (Phi) is 4.37. The van der Waals surface area contributed by atoms with Gasteiger partial charge in [-0.2, -0.15) is 0 Å². The number of aromatic nitrogens is 2. The molecule has 0 unspecified atom stereocenters. The fourth-order valence-electron chi connectivity index (χ4n) is 2.41. The van der Waals surface area contributed by atoms with E-state index in [0.29, 0.717) is 12.2 Å². The van der Waals surface area contributed by atoms with E-state index < -0.39 is 5.97 Å². The molecular formula is C15H18BrN3O2. The van der Waals surface area contributed by atoms with Gasteiger partial charge in [0.15, 0.2) is 5.69 Å². The quantitative estimate of drug-likeness (QED) is 0.862. The first-order chi connectivity index (χ1) is 9.90. The van der Waals surface area contributed by atoms with Crippen LogP contribution in [0.4, 0.5) is 5.82 Å². The maximum atomic E-state index is 11.8. The fraction of sp³-hybridized carbons (Fsp3) is 0.333. The van der Waals surface area contributed by atoms with Crippen molar-refractivity contribution >= 4 is 27.7 Å². The third-order valence-electron chi connectivity index (χ3n) is 3.30. The van der Waals surface area contributed by atoms with Gasteiger partial charge in [0.25, 0.3) is 0 Å². The molecule has 5 nitrogen and oxygen atoms in total. The molecular weight excluding hydrogens is 334 g/mol. The molecule has 0 atom stereocenters. The highest BCUT2D eigenvalue weighted by atomic mass is 79.9. The first kappa shape index (κ1) is 15.6. The Morgan fingerprint density at radius 3 is 2.62 bits per heavy atom. The van der Waals surface area contributed by atoms with Crippen LogP contribution in [0.2, 0.25) is 0 Å². The van der Waals surface area contributed by atoms with Crippen LogP contribution in [0.3, 0.4) is 0 Å². The molecule has 2 N–H and O–H groups in total. The third-order valence-corrected chi connectivity index (χ3v) is 3.90. The molecule has 0 amide bonds. The minimum atomic E-state index is -0.526. The van der Waals surface area contributed by atoms with E-state index in [0.717, 1.165) is 27.1 Å². The van der Waals surface area contributed by atoms with Gasteiger partial charge >= 0.3 is 5.97 Å². The van der Waals surface area contributed by atoms with Gasteiger partial charge in [0.2, 0.25) is 0 Å². The highest BCUT2D eigenvalue weighted by molar-refractivity contribution is 9.10. The largest absolute Gasteiger partial charge is 0.464 e. The summed E-state index contributed by atoms with van der Waals surface area (Å²) >= 11 is 3.58. The lowest BCUT2D eigenvalue weighted by atomic mass is 10.1. The van der Waals surface area contributed by atoms with E-state index in [9.17, 15) is 4.79 Å². The smallest absolute Gasteiger partial charge is 0.360 e. The number of nitrogen functional groups attached to an aromatic ring is 1. The molecule has 0 aliphatic carbocycles. The van der Waals surface area contributed by atoms with Crippen molar-refractivity contribution in [1.82, 2.24) is 9.55 Å². The van der Waals surface area contributed by atoms with Gasteiger partial charge in [0, 0.05) is 10.9 Å². The second-order valence-electron chi connectivity index (χ2n) is 4.85. The number of methoxy groups -OCH3 is 1. The van der Waals surface area contributed by atoms with Gasteiger partial charge in [0.05, 0.1) is 12.8 Å². The number of carbonyl (C=O) groups excluding carboxylic acids is 1. The Hall–Kier alpha value is -1.82. The monoisotopic (exact) mass is 351 g/mol. The second-order valence-corrected chi connectivity index (χ2v) is 5.71. The number of benzene rings is 1. The molecule has 0 spiro atoms. The molecule has 0 radical (unpaired) electrons. The van der Waals surface area contributed by atoms with E-state index in [2.05, 4.69) is 27.0 Å². The van der Waals surface area contributed by atoms with Gasteiger partial charge in [-0.3, -0.25) is 4.57 Å². The molecule has 112 valence electrons. The summed E-state index contributed by atoms with van der Waals surface area (Å²) in [7, 11) is 1.32. The lowest BCUT2D eigenvalue weighted by Gasteiger charge is -2.15. The van der Waals surface area contributed by atoms with Crippen LogP contribution in [0.15, 0.2) is 16.6 Å². The van der Waals surface area contributed by atoms with Crippen LogP contribution in [-0.4, -0.2) is 22.6 Å². The Morgan fingerprint density at radius 1 is 1.43 bits per heavy atom. The maximum Gasteiger partial charge on any atom is 0.360 e. The molecule has 6 heteroatoms. The number of imidazole rings is 1. The average Bonchev–Trinajstić information content (AvgIpc) is 2.74. The number of ether oxygens (including phenoxy) is 1. The van der Waals surface area contributed by atoms with Crippen molar-refractivity contribution < 1.29 is 9.53 Å². The fourth-order valence-corrected chi connectivity index (χ4v) is 3.26. The number of esters is 1. The van der Waals surface area contributed by atoms with E-state index in [1.54, 1.807) is 0 Å². The van der Waals surface area contributed by atoms with E-state index >= 15 is 0 Å².